The molecule has 1 aliphatic rings. The van der Waals surface area contributed by atoms with Crippen LogP contribution >= 0.6 is 11.3 Å². The van der Waals surface area contributed by atoms with Crippen molar-refractivity contribution in [3.63, 3.8) is 0 Å². The van der Waals surface area contributed by atoms with Gasteiger partial charge in [-0.3, -0.25) is 4.79 Å². The SMILES string of the molecule is Cc1nc(CN[C@H](C)c2ccc3c(c2)NC(=O)CO3)cs1. The summed E-state index contributed by atoms with van der Waals surface area (Å²) in [5, 5.41) is 9.41. The molecule has 3 rings (SSSR count). The van der Waals surface area contributed by atoms with E-state index in [9.17, 15) is 4.79 Å². The summed E-state index contributed by atoms with van der Waals surface area (Å²) >= 11 is 1.66. The largest absolute Gasteiger partial charge is 0.482 e. The van der Waals surface area contributed by atoms with Gasteiger partial charge in [-0.25, -0.2) is 4.98 Å². The van der Waals surface area contributed by atoms with Gasteiger partial charge in [-0.2, -0.15) is 0 Å². The van der Waals surface area contributed by atoms with Crippen molar-refractivity contribution >= 4 is 22.9 Å². The van der Waals surface area contributed by atoms with Crippen molar-refractivity contribution in [3.8, 4) is 5.75 Å². The fourth-order valence-electron chi connectivity index (χ4n) is 2.24. The third-order valence-corrected chi connectivity index (χ3v) is 4.21. The summed E-state index contributed by atoms with van der Waals surface area (Å²) in [6.45, 7) is 4.91. The van der Waals surface area contributed by atoms with Gasteiger partial charge < -0.3 is 15.4 Å². The molecule has 0 bridgehead atoms. The van der Waals surface area contributed by atoms with Crippen LogP contribution in [0.4, 0.5) is 5.69 Å². The molecule has 0 saturated heterocycles. The van der Waals surface area contributed by atoms with E-state index in [-0.39, 0.29) is 18.6 Å². The molecule has 0 fully saturated rings. The monoisotopic (exact) mass is 303 g/mol. The Balaban J connectivity index is 1.68. The van der Waals surface area contributed by atoms with Gasteiger partial charge in [0.1, 0.15) is 5.75 Å². The van der Waals surface area contributed by atoms with Crippen LogP contribution in [-0.2, 0) is 11.3 Å². The highest BCUT2D eigenvalue weighted by Crippen LogP contribution is 2.30. The van der Waals surface area contributed by atoms with Gasteiger partial charge in [0.05, 0.1) is 16.4 Å². The zero-order chi connectivity index (χ0) is 14.8. The summed E-state index contributed by atoms with van der Waals surface area (Å²) < 4.78 is 5.36. The number of hydrogen-bond acceptors (Lipinski definition) is 5. The number of hydrogen-bond donors (Lipinski definition) is 2. The van der Waals surface area contributed by atoms with Crippen LogP contribution in [0, 0.1) is 6.92 Å². The fraction of sp³-hybridized carbons (Fsp3) is 0.333. The van der Waals surface area contributed by atoms with Crippen molar-refractivity contribution in [2.24, 2.45) is 0 Å². The summed E-state index contributed by atoms with van der Waals surface area (Å²) in [6, 6.07) is 6.03. The molecule has 2 aromatic rings. The summed E-state index contributed by atoms with van der Waals surface area (Å²) in [4.78, 5) is 15.8. The van der Waals surface area contributed by atoms with Crippen LogP contribution in [0.15, 0.2) is 23.6 Å². The minimum atomic E-state index is -0.113. The molecule has 1 amide bonds. The van der Waals surface area contributed by atoms with E-state index in [0.717, 1.165) is 34.2 Å². The van der Waals surface area contributed by atoms with Crippen molar-refractivity contribution in [2.45, 2.75) is 26.4 Å². The molecular weight excluding hydrogens is 286 g/mol. The molecule has 6 heteroatoms. The normalized spacial score (nSPS) is 15.0. The number of nitrogens with one attached hydrogen (secondary N) is 2. The van der Waals surface area contributed by atoms with Crippen molar-refractivity contribution in [2.75, 3.05) is 11.9 Å². The van der Waals surface area contributed by atoms with Crippen LogP contribution in [0.25, 0.3) is 0 Å². The van der Waals surface area contributed by atoms with E-state index in [1.807, 2.05) is 25.1 Å². The molecule has 0 aliphatic carbocycles. The van der Waals surface area contributed by atoms with Gasteiger partial charge in [-0.1, -0.05) is 6.07 Å². The first-order valence-electron chi connectivity index (χ1n) is 6.83. The average molecular weight is 303 g/mol. The first kappa shape index (κ1) is 14.0. The Bertz CT molecular complexity index is 669. The lowest BCUT2D eigenvalue weighted by molar-refractivity contribution is -0.118. The second kappa shape index (κ2) is 5.83. The lowest BCUT2D eigenvalue weighted by Gasteiger charge is -2.20. The van der Waals surface area contributed by atoms with Crippen LogP contribution in [0.5, 0.6) is 5.75 Å². The molecule has 2 N–H and O–H groups in total. The first-order valence-corrected chi connectivity index (χ1v) is 7.71. The molecule has 0 saturated carbocycles. The third kappa shape index (κ3) is 3.22. The number of thiazole rings is 1. The first-order chi connectivity index (χ1) is 10.1. The van der Waals surface area contributed by atoms with Crippen molar-refractivity contribution in [3.05, 3.63) is 39.8 Å². The second-order valence-corrected chi connectivity index (χ2v) is 6.12. The average Bonchev–Trinajstić information content (AvgIpc) is 2.89. The third-order valence-electron chi connectivity index (χ3n) is 3.39. The maximum atomic E-state index is 11.4. The lowest BCUT2D eigenvalue weighted by Crippen LogP contribution is -2.26. The van der Waals surface area contributed by atoms with E-state index in [1.165, 1.54) is 0 Å². The van der Waals surface area contributed by atoms with E-state index in [4.69, 9.17) is 4.74 Å². The minimum absolute atomic E-state index is 0.0866. The van der Waals surface area contributed by atoms with Gasteiger partial charge in [0.2, 0.25) is 0 Å². The molecule has 0 unspecified atom stereocenters. The molecule has 1 aromatic carbocycles. The number of nitrogens with zero attached hydrogens (tertiary/aromatic N) is 1. The predicted octanol–water partition coefficient (Wildman–Crippen LogP) is 2.63. The maximum Gasteiger partial charge on any atom is 0.262 e. The molecule has 110 valence electrons. The Morgan fingerprint density at radius 2 is 2.38 bits per heavy atom. The molecule has 21 heavy (non-hydrogen) atoms. The molecule has 1 atom stereocenters. The number of aryl methyl sites for hydroxylation is 1. The Hall–Kier alpha value is -1.92. The molecule has 5 nitrogen and oxygen atoms in total. The number of fused-ring (bicyclic) bond motifs is 1. The van der Waals surface area contributed by atoms with Crippen molar-refractivity contribution in [1.29, 1.82) is 0 Å². The lowest BCUT2D eigenvalue weighted by atomic mass is 10.1. The highest BCUT2D eigenvalue weighted by molar-refractivity contribution is 7.09. The second-order valence-electron chi connectivity index (χ2n) is 5.05. The Morgan fingerprint density at radius 1 is 1.52 bits per heavy atom. The number of benzene rings is 1. The van der Waals surface area contributed by atoms with Crippen LogP contribution in [0.1, 0.15) is 29.2 Å². The molecular formula is C15H17N3O2S. The summed E-state index contributed by atoms with van der Waals surface area (Å²) in [7, 11) is 0. The fourth-order valence-corrected chi connectivity index (χ4v) is 2.85. The number of carbonyl (C=O) groups is 1. The number of rotatable bonds is 4. The topological polar surface area (TPSA) is 63.2 Å². The van der Waals surface area contributed by atoms with Gasteiger partial charge in [0.15, 0.2) is 6.61 Å². The van der Waals surface area contributed by atoms with Crippen LogP contribution in [0.3, 0.4) is 0 Å². The number of anilines is 1. The Morgan fingerprint density at radius 3 is 3.14 bits per heavy atom. The molecule has 0 radical (unpaired) electrons. The highest BCUT2D eigenvalue weighted by atomic mass is 32.1. The van der Waals surface area contributed by atoms with Crippen LogP contribution in [0.2, 0.25) is 0 Å². The smallest absolute Gasteiger partial charge is 0.262 e. The summed E-state index contributed by atoms with van der Waals surface area (Å²) in [5.41, 5.74) is 2.90. The van der Waals surface area contributed by atoms with Crippen molar-refractivity contribution < 1.29 is 9.53 Å². The Labute approximate surface area is 127 Å². The van der Waals surface area contributed by atoms with E-state index >= 15 is 0 Å². The molecule has 0 spiro atoms. The zero-order valence-corrected chi connectivity index (χ0v) is 12.8. The van der Waals surface area contributed by atoms with E-state index in [1.54, 1.807) is 11.3 Å². The van der Waals surface area contributed by atoms with E-state index in [2.05, 4.69) is 27.9 Å². The van der Waals surface area contributed by atoms with Gasteiger partial charge in [-0.05, 0) is 31.5 Å². The Kier molecular flexibility index (Phi) is 3.90. The standard InChI is InChI=1S/C15H17N3O2S/c1-9(16-6-12-8-21-10(2)17-12)11-3-4-14-13(5-11)18-15(19)7-20-14/h3-5,8-9,16H,6-7H2,1-2H3,(H,18,19)/t9-/m1/s1. The van der Waals surface area contributed by atoms with Gasteiger partial charge >= 0.3 is 0 Å². The van der Waals surface area contributed by atoms with E-state index < -0.39 is 0 Å². The van der Waals surface area contributed by atoms with Gasteiger partial charge in [-0.15, -0.1) is 11.3 Å². The highest BCUT2D eigenvalue weighted by Gasteiger charge is 2.17. The quantitative estimate of drug-likeness (QED) is 0.911. The maximum absolute atomic E-state index is 11.4. The predicted molar refractivity (Wildman–Crippen MR) is 82.7 cm³/mol. The number of amides is 1. The van der Waals surface area contributed by atoms with Crippen LogP contribution in [-0.4, -0.2) is 17.5 Å². The number of aromatic nitrogens is 1. The number of carbonyl (C=O) groups excluding carboxylic acids is 1. The summed E-state index contributed by atoms with van der Waals surface area (Å²) in [5.74, 6) is 0.610. The summed E-state index contributed by atoms with van der Waals surface area (Å²) in [6.07, 6.45) is 0. The zero-order valence-electron chi connectivity index (χ0n) is 12.0. The molecule has 1 aromatic heterocycles. The van der Waals surface area contributed by atoms with Gasteiger partial charge in [0, 0.05) is 18.0 Å². The van der Waals surface area contributed by atoms with Crippen LogP contribution < -0.4 is 15.4 Å². The molecule has 1 aliphatic heterocycles. The molecule has 2 heterocycles. The number of ether oxygens (including phenoxy) is 1. The van der Waals surface area contributed by atoms with Gasteiger partial charge in [0.25, 0.3) is 5.91 Å². The van der Waals surface area contributed by atoms with Crippen molar-refractivity contribution in [1.82, 2.24) is 10.3 Å². The minimum Gasteiger partial charge on any atom is -0.482 e. The van der Waals surface area contributed by atoms with E-state index in [0.29, 0.717) is 0 Å².